The van der Waals surface area contributed by atoms with Gasteiger partial charge in [0.05, 0.1) is 0 Å². The van der Waals surface area contributed by atoms with Crippen LogP contribution in [0.15, 0.2) is 0 Å². The molecule has 0 heterocycles. The molecule has 0 aliphatic heterocycles. The Labute approximate surface area is 49.3 Å². The average Bonchev–Trinajstić information content (AvgIpc) is 1.61. The predicted molar refractivity (Wildman–Crippen MR) is 32.1 cm³/mol. The van der Waals surface area contributed by atoms with Crippen LogP contribution in [0.1, 0.15) is 6.92 Å². The molecule has 1 radical (unpaired) electrons. The van der Waals surface area contributed by atoms with Crippen molar-refractivity contribution < 1.29 is 4.79 Å². The molecule has 3 heteroatoms. The van der Waals surface area contributed by atoms with Crippen LogP contribution in [0.4, 0.5) is 4.79 Å². The minimum atomic E-state index is -0.486. The Hall–Kier alpha value is -0.730. The van der Waals surface area contributed by atoms with Crippen LogP contribution < -0.4 is 11.1 Å². The molecule has 0 aliphatic rings. The van der Waals surface area contributed by atoms with E-state index in [1.54, 1.807) is 0 Å². The molecule has 1 atom stereocenters. The second-order valence-corrected chi connectivity index (χ2v) is 1.85. The summed E-state index contributed by atoms with van der Waals surface area (Å²) in [5.74, 6) is 0.225. The molecular formula is C5H11N2O. The zero-order valence-electron chi connectivity index (χ0n) is 4.98. The maximum atomic E-state index is 9.99. The molecule has 0 saturated carbocycles. The SMILES string of the molecule is [CH2]C(C)CNC(N)=O. The third-order valence-corrected chi connectivity index (χ3v) is 0.625. The van der Waals surface area contributed by atoms with Gasteiger partial charge in [-0.2, -0.15) is 0 Å². The van der Waals surface area contributed by atoms with E-state index in [1.165, 1.54) is 0 Å². The van der Waals surface area contributed by atoms with Crippen LogP contribution in [0.3, 0.4) is 0 Å². The standard InChI is InChI=1S/C5H11N2O/c1-4(2)3-7-5(6)8/h4H,1,3H2,2H3,(H3,6,7,8). The number of hydrogen-bond acceptors (Lipinski definition) is 1. The Bertz CT molecular complexity index is 80.5. The quantitative estimate of drug-likeness (QED) is 0.528. The monoisotopic (exact) mass is 115 g/mol. The van der Waals surface area contributed by atoms with Crippen molar-refractivity contribution >= 4 is 6.03 Å². The molecular weight excluding hydrogens is 104 g/mol. The molecule has 0 aromatic heterocycles. The highest BCUT2D eigenvalue weighted by molar-refractivity contribution is 5.71. The number of nitrogens with two attached hydrogens (primary N) is 1. The van der Waals surface area contributed by atoms with E-state index >= 15 is 0 Å². The molecule has 0 saturated heterocycles. The van der Waals surface area contributed by atoms with Crippen LogP contribution in [0, 0.1) is 12.8 Å². The van der Waals surface area contributed by atoms with E-state index in [9.17, 15) is 4.79 Å². The molecule has 0 rings (SSSR count). The van der Waals surface area contributed by atoms with E-state index < -0.39 is 6.03 Å². The van der Waals surface area contributed by atoms with E-state index in [1.807, 2.05) is 6.92 Å². The second kappa shape index (κ2) is 3.29. The van der Waals surface area contributed by atoms with Crippen LogP contribution >= 0.6 is 0 Å². The zero-order chi connectivity index (χ0) is 6.57. The van der Waals surface area contributed by atoms with Crippen LogP contribution in [0.5, 0.6) is 0 Å². The molecule has 3 N–H and O–H groups in total. The highest BCUT2D eigenvalue weighted by Crippen LogP contribution is 1.84. The van der Waals surface area contributed by atoms with Gasteiger partial charge in [0.1, 0.15) is 0 Å². The third-order valence-electron chi connectivity index (χ3n) is 0.625. The molecule has 0 bridgehead atoms. The summed E-state index contributed by atoms with van der Waals surface area (Å²) >= 11 is 0. The molecule has 0 fully saturated rings. The number of urea groups is 1. The van der Waals surface area contributed by atoms with Crippen LogP contribution in [0.25, 0.3) is 0 Å². The van der Waals surface area contributed by atoms with Crippen molar-refractivity contribution in [1.29, 1.82) is 0 Å². The summed E-state index contributed by atoms with van der Waals surface area (Å²) in [6, 6.07) is -0.486. The maximum Gasteiger partial charge on any atom is 0.312 e. The number of rotatable bonds is 2. The normalized spacial score (nSPS) is 9.38. The molecule has 0 aromatic rings. The number of carbonyl (C=O) groups is 1. The smallest absolute Gasteiger partial charge is 0.312 e. The zero-order valence-corrected chi connectivity index (χ0v) is 4.98. The topological polar surface area (TPSA) is 55.1 Å². The molecule has 8 heavy (non-hydrogen) atoms. The van der Waals surface area contributed by atoms with Gasteiger partial charge in [-0.1, -0.05) is 6.92 Å². The van der Waals surface area contributed by atoms with Crippen LogP contribution in [-0.4, -0.2) is 12.6 Å². The van der Waals surface area contributed by atoms with Gasteiger partial charge in [0, 0.05) is 6.54 Å². The maximum absolute atomic E-state index is 9.99. The van der Waals surface area contributed by atoms with Crippen molar-refractivity contribution in [2.24, 2.45) is 11.7 Å². The lowest BCUT2D eigenvalue weighted by Crippen LogP contribution is -2.32. The van der Waals surface area contributed by atoms with Crippen molar-refractivity contribution in [3.05, 3.63) is 6.92 Å². The summed E-state index contributed by atoms with van der Waals surface area (Å²) in [4.78, 5) is 9.99. The fourth-order valence-corrected chi connectivity index (χ4v) is 0.275. The number of hydrogen-bond donors (Lipinski definition) is 2. The highest BCUT2D eigenvalue weighted by atomic mass is 16.2. The van der Waals surface area contributed by atoms with E-state index in [4.69, 9.17) is 5.73 Å². The van der Waals surface area contributed by atoms with Crippen molar-refractivity contribution in [3.63, 3.8) is 0 Å². The van der Waals surface area contributed by atoms with E-state index in [2.05, 4.69) is 12.2 Å². The molecule has 0 aliphatic carbocycles. The molecule has 0 aromatic carbocycles. The number of amides is 2. The minimum Gasteiger partial charge on any atom is -0.352 e. The summed E-state index contributed by atoms with van der Waals surface area (Å²) < 4.78 is 0. The van der Waals surface area contributed by atoms with Crippen molar-refractivity contribution in [1.82, 2.24) is 5.32 Å². The lowest BCUT2D eigenvalue weighted by molar-refractivity contribution is 0.248. The highest BCUT2D eigenvalue weighted by Gasteiger charge is 1.93. The Morgan fingerprint density at radius 2 is 2.50 bits per heavy atom. The lowest BCUT2D eigenvalue weighted by Gasteiger charge is -2.02. The van der Waals surface area contributed by atoms with Gasteiger partial charge in [0.2, 0.25) is 0 Å². The van der Waals surface area contributed by atoms with Crippen molar-refractivity contribution in [2.75, 3.05) is 6.54 Å². The first-order valence-corrected chi connectivity index (χ1v) is 2.49. The number of nitrogens with one attached hydrogen (secondary N) is 1. The fourth-order valence-electron chi connectivity index (χ4n) is 0.275. The molecule has 3 nitrogen and oxygen atoms in total. The largest absolute Gasteiger partial charge is 0.352 e. The summed E-state index contributed by atoms with van der Waals surface area (Å²) in [7, 11) is 0. The summed E-state index contributed by atoms with van der Waals surface area (Å²) in [5, 5.41) is 2.42. The van der Waals surface area contributed by atoms with Crippen LogP contribution in [0.2, 0.25) is 0 Å². The van der Waals surface area contributed by atoms with Gasteiger partial charge in [0.15, 0.2) is 0 Å². The van der Waals surface area contributed by atoms with Gasteiger partial charge in [-0.3, -0.25) is 0 Å². The summed E-state index contributed by atoms with van der Waals surface area (Å²) in [6.45, 7) is 6.09. The van der Waals surface area contributed by atoms with Gasteiger partial charge in [0.25, 0.3) is 0 Å². The van der Waals surface area contributed by atoms with Crippen molar-refractivity contribution in [2.45, 2.75) is 6.92 Å². The van der Waals surface area contributed by atoms with Gasteiger partial charge < -0.3 is 11.1 Å². The Morgan fingerprint density at radius 3 is 2.62 bits per heavy atom. The van der Waals surface area contributed by atoms with Crippen LogP contribution in [-0.2, 0) is 0 Å². The lowest BCUT2D eigenvalue weighted by atomic mass is 10.2. The fraction of sp³-hybridized carbons (Fsp3) is 0.600. The Balaban J connectivity index is 3.05. The van der Waals surface area contributed by atoms with Gasteiger partial charge >= 0.3 is 6.03 Å². The Kier molecular flexibility index (Phi) is 2.99. The molecule has 1 unspecified atom stereocenters. The molecule has 47 valence electrons. The number of primary amides is 1. The van der Waals surface area contributed by atoms with Gasteiger partial charge in [-0.25, -0.2) is 4.79 Å². The van der Waals surface area contributed by atoms with Crippen molar-refractivity contribution in [3.8, 4) is 0 Å². The second-order valence-electron chi connectivity index (χ2n) is 1.85. The first-order chi connectivity index (χ1) is 3.63. The average molecular weight is 115 g/mol. The van der Waals surface area contributed by atoms with Gasteiger partial charge in [-0.05, 0) is 12.8 Å². The van der Waals surface area contributed by atoms with E-state index in [0.717, 1.165) is 0 Å². The van der Waals surface area contributed by atoms with E-state index in [-0.39, 0.29) is 5.92 Å². The predicted octanol–water partition coefficient (Wildman–Crippen LogP) is 0.125. The molecule has 0 spiro atoms. The minimum absolute atomic E-state index is 0.225. The Morgan fingerprint density at radius 1 is 2.00 bits per heavy atom. The first kappa shape index (κ1) is 7.27. The number of carbonyl (C=O) groups excluding carboxylic acids is 1. The molecule has 2 amide bonds. The first-order valence-electron chi connectivity index (χ1n) is 2.49. The summed E-state index contributed by atoms with van der Waals surface area (Å²) in [6.07, 6.45) is 0. The van der Waals surface area contributed by atoms with Gasteiger partial charge in [-0.15, -0.1) is 0 Å². The van der Waals surface area contributed by atoms with E-state index in [0.29, 0.717) is 6.54 Å². The third kappa shape index (κ3) is 5.27. The summed E-state index contributed by atoms with van der Waals surface area (Å²) in [5.41, 5.74) is 4.76.